The summed E-state index contributed by atoms with van der Waals surface area (Å²) in [6, 6.07) is 0. The molecule has 0 atom stereocenters. The van der Waals surface area contributed by atoms with Gasteiger partial charge in [-0.3, -0.25) is 0 Å². The first-order chi connectivity index (χ1) is 4.27. The second-order valence-electron chi connectivity index (χ2n) is 2.62. The van der Waals surface area contributed by atoms with E-state index in [9.17, 15) is 0 Å². The van der Waals surface area contributed by atoms with Crippen molar-refractivity contribution in [2.75, 3.05) is 0 Å². The maximum Gasteiger partial charge on any atom is 0.0688 e. The second kappa shape index (κ2) is 6.08. The van der Waals surface area contributed by atoms with E-state index in [2.05, 4.69) is 31.8 Å². The largest absolute Gasteiger partial charge is 0.101 e. The van der Waals surface area contributed by atoms with Gasteiger partial charge in [-0.05, 0) is 6.42 Å². The van der Waals surface area contributed by atoms with Crippen LogP contribution >= 0.6 is 0 Å². The van der Waals surface area contributed by atoms with Crippen LogP contribution in [-0.2, 0) is 0 Å². The molecule has 0 saturated heterocycles. The lowest BCUT2D eigenvalue weighted by atomic mass is 10.2. The fraction of sp³-hybridized carbons (Fsp3) is 0.750. The maximum atomic E-state index is 2.38. The minimum absolute atomic E-state index is 0.0957. The zero-order chi connectivity index (χ0) is 7.11. The van der Waals surface area contributed by atoms with Crippen LogP contribution in [0.25, 0.3) is 0 Å². The molecule has 0 fully saturated rings. The molecule has 1 heteroatoms. The topological polar surface area (TPSA) is 0 Å². The summed E-state index contributed by atoms with van der Waals surface area (Å²) < 4.78 is 0. The molecule has 0 rings (SSSR count). The summed E-state index contributed by atoms with van der Waals surface area (Å²) in [5, 5.41) is 0. The van der Waals surface area contributed by atoms with Gasteiger partial charge in [-0.2, -0.15) is 0 Å². The number of rotatable bonds is 4. The first-order valence-corrected chi connectivity index (χ1v) is 6.31. The summed E-state index contributed by atoms with van der Waals surface area (Å²) in [6.45, 7) is 6.86. The minimum Gasteiger partial charge on any atom is -0.101 e. The highest BCUT2D eigenvalue weighted by Gasteiger charge is 1.84. The fourth-order valence-electron chi connectivity index (χ4n) is 0.641. The van der Waals surface area contributed by atoms with Crippen LogP contribution in [0.3, 0.4) is 0 Å². The van der Waals surface area contributed by atoms with E-state index >= 15 is 0 Å². The second-order valence-corrected chi connectivity index (χ2v) is 5.11. The lowest BCUT2D eigenvalue weighted by Gasteiger charge is -1.90. The molecule has 0 aromatic rings. The molecule has 0 spiro atoms. The molecule has 9 heavy (non-hydrogen) atoms. The smallest absolute Gasteiger partial charge is 0.0688 e. The van der Waals surface area contributed by atoms with Crippen LogP contribution in [0.1, 0.15) is 26.2 Å². The summed E-state index contributed by atoms with van der Waals surface area (Å²) in [4.78, 5) is 0. The summed E-state index contributed by atoms with van der Waals surface area (Å²) in [5.74, 6) is 0. The molecule has 53 valence electrons. The Labute approximate surface area is 60.6 Å². The highest BCUT2D eigenvalue weighted by molar-refractivity contribution is 6.61. The van der Waals surface area contributed by atoms with Gasteiger partial charge in [-0.1, -0.05) is 38.9 Å². The van der Waals surface area contributed by atoms with Crippen molar-refractivity contribution in [2.24, 2.45) is 0 Å². The van der Waals surface area contributed by atoms with Crippen LogP contribution in [0.5, 0.6) is 0 Å². The zero-order valence-corrected chi connectivity index (χ0v) is 7.78. The van der Waals surface area contributed by atoms with Gasteiger partial charge in [0.2, 0.25) is 0 Å². The monoisotopic (exact) mass is 141 g/mol. The average molecular weight is 141 g/mol. The third kappa shape index (κ3) is 7.96. The Kier molecular flexibility index (Phi) is 6.05. The SMILES string of the molecule is CCCC/C=C/[Si](C)C. The lowest BCUT2D eigenvalue weighted by Crippen LogP contribution is -1.91. The highest BCUT2D eigenvalue weighted by Crippen LogP contribution is 1.95. The van der Waals surface area contributed by atoms with Gasteiger partial charge >= 0.3 is 0 Å². The van der Waals surface area contributed by atoms with E-state index in [-0.39, 0.29) is 8.80 Å². The van der Waals surface area contributed by atoms with Gasteiger partial charge in [0.25, 0.3) is 0 Å². The van der Waals surface area contributed by atoms with Crippen molar-refractivity contribution in [1.29, 1.82) is 0 Å². The summed E-state index contributed by atoms with van der Waals surface area (Å²) in [6.07, 6.45) is 6.29. The Morgan fingerprint density at radius 1 is 1.33 bits per heavy atom. The van der Waals surface area contributed by atoms with Crippen LogP contribution < -0.4 is 0 Å². The molecule has 0 aliphatic carbocycles. The first kappa shape index (κ1) is 8.96. The minimum atomic E-state index is -0.0957. The molecule has 0 N–H and O–H groups in total. The van der Waals surface area contributed by atoms with Gasteiger partial charge in [-0.25, -0.2) is 0 Å². The van der Waals surface area contributed by atoms with Gasteiger partial charge in [0.05, 0.1) is 8.80 Å². The fourth-order valence-corrected chi connectivity index (χ4v) is 1.28. The first-order valence-electron chi connectivity index (χ1n) is 3.74. The third-order valence-corrected chi connectivity index (χ3v) is 2.08. The van der Waals surface area contributed by atoms with Crippen LogP contribution in [0, 0.1) is 0 Å². The Morgan fingerprint density at radius 3 is 2.44 bits per heavy atom. The molecule has 0 bridgehead atoms. The molecule has 0 aliphatic rings. The molecule has 0 unspecified atom stereocenters. The number of unbranched alkanes of at least 4 members (excludes halogenated alkanes) is 2. The van der Waals surface area contributed by atoms with Crippen LogP contribution in [0.2, 0.25) is 13.1 Å². The molecule has 1 radical (unpaired) electrons. The summed E-state index contributed by atoms with van der Waals surface area (Å²) >= 11 is 0. The van der Waals surface area contributed by atoms with Crippen LogP contribution in [0.4, 0.5) is 0 Å². The summed E-state index contributed by atoms with van der Waals surface area (Å²) in [7, 11) is -0.0957. The van der Waals surface area contributed by atoms with Gasteiger partial charge in [-0.15, -0.1) is 5.70 Å². The number of allylic oxidation sites excluding steroid dienone is 1. The molecule has 0 saturated carbocycles. The van der Waals surface area contributed by atoms with E-state index in [1.165, 1.54) is 19.3 Å². The number of hydrogen-bond donors (Lipinski definition) is 0. The van der Waals surface area contributed by atoms with Crippen LogP contribution in [-0.4, -0.2) is 8.80 Å². The van der Waals surface area contributed by atoms with Crippen molar-refractivity contribution < 1.29 is 0 Å². The van der Waals surface area contributed by atoms with Gasteiger partial charge < -0.3 is 0 Å². The number of hydrogen-bond acceptors (Lipinski definition) is 0. The molecular formula is C8H17Si. The molecule has 0 nitrogen and oxygen atoms in total. The molecule has 0 aliphatic heterocycles. The predicted molar refractivity (Wildman–Crippen MR) is 46.1 cm³/mol. The predicted octanol–water partition coefficient (Wildman–Crippen LogP) is 3.03. The Hall–Kier alpha value is -0.0431. The van der Waals surface area contributed by atoms with Crippen molar-refractivity contribution >= 4 is 8.80 Å². The van der Waals surface area contributed by atoms with Crippen molar-refractivity contribution in [3.63, 3.8) is 0 Å². The molecule has 0 aromatic heterocycles. The van der Waals surface area contributed by atoms with E-state index in [1.807, 2.05) is 0 Å². The van der Waals surface area contributed by atoms with Gasteiger partial charge in [0.1, 0.15) is 0 Å². The van der Waals surface area contributed by atoms with Crippen molar-refractivity contribution in [3.8, 4) is 0 Å². The van der Waals surface area contributed by atoms with E-state index in [1.54, 1.807) is 0 Å². The highest BCUT2D eigenvalue weighted by atomic mass is 28.3. The molecule has 0 aromatic carbocycles. The zero-order valence-electron chi connectivity index (χ0n) is 6.78. The van der Waals surface area contributed by atoms with E-state index in [0.29, 0.717) is 0 Å². The normalized spacial score (nSPS) is 11.6. The standard InChI is InChI=1S/C8H17Si/c1-4-5-6-7-8-9(2)3/h7-8H,4-6H2,1-3H3/b8-7+. The maximum absolute atomic E-state index is 2.38. The quantitative estimate of drug-likeness (QED) is 0.417. The molecule has 0 amide bonds. The van der Waals surface area contributed by atoms with Gasteiger partial charge in [0.15, 0.2) is 0 Å². The third-order valence-electron chi connectivity index (χ3n) is 1.18. The van der Waals surface area contributed by atoms with E-state index in [0.717, 1.165) is 0 Å². The Balaban J connectivity index is 3.04. The van der Waals surface area contributed by atoms with E-state index < -0.39 is 0 Å². The van der Waals surface area contributed by atoms with Crippen molar-refractivity contribution in [2.45, 2.75) is 39.3 Å². The van der Waals surface area contributed by atoms with Crippen LogP contribution in [0.15, 0.2) is 11.8 Å². The molecular weight excluding hydrogens is 124 g/mol. The Morgan fingerprint density at radius 2 is 2.00 bits per heavy atom. The van der Waals surface area contributed by atoms with Crippen molar-refractivity contribution in [3.05, 3.63) is 11.8 Å². The lowest BCUT2D eigenvalue weighted by molar-refractivity contribution is 0.815. The summed E-state index contributed by atoms with van der Waals surface area (Å²) in [5.41, 5.74) is 2.38. The Bertz CT molecular complexity index is 74.6. The van der Waals surface area contributed by atoms with Gasteiger partial charge in [0, 0.05) is 0 Å². The van der Waals surface area contributed by atoms with Crippen molar-refractivity contribution in [1.82, 2.24) is 0 Å². The molecule has 0 heterocycles. The average Bonchev–Trinajstić information content (AvgIpc) is 1.80. The van der Waals surface area contributed by atoms with E-state index in [4.69, 9.17) is 0 Å².